The minimum absolute atomic E-state index is 0.205. The lowest BCUT2D eigenvalue weighted by atomic mass is 10.2. The summed E-state index contributed by atoms with van der Waals surface area (Å²) in [5.41, 5.74) is 8.84. The maximum absolute atomic E-state index is 5.72. The molecule has 3 heteroatoms. The Morgan fingerprint density at radius 1 is 1.29 bits per heavy atom. The first kappa shape index (κ1) is 11.2. The average Bonchev–Trinajstić information content (AvgIpc) is 2.05. The predicted octanol–water partition coefficient (Wildman–Crippen LogP) is 3.44. The maximum atomic E-state index is 5.72. The Bertz CT molecular complexity index is 316. The Balaban J connectivity index is 2.72. The van der Waals surface area contributed by atoms with Gasteiger partial charge in [-0.2, -0.15) is 0 Å². The molecular formula is C11H18N2S. The van der Waals surface area contributed by atoms with Crippen molar-refractivity contribution in [1.82, 2.24) is 0 Å². The molecule has 1 aromatic rings. The van der Waals surface area contributed by atoms with Crippen molar-refractivity contribution in [2.24, 2.45) is 0 Å². The Kier molecular flexibility index (Phi) is 3.32. The highest BCUT2D eigenvalue weighted by atomic mass is 32.2. The Morgan fingerprint density at radius 2 is 1.93 bits per heavy atom. The molecule has 2 nitrogen and oxygen atoms in total. The van der Waals surface area contributed by atoms with Gasteiger partial charge in [0, 0.05) is 16.1 Å². The van der Waals surface area contributed by atoms with Crippen LogP contribution in [0, 0.1) is 6.92 Å². The van der Waals surface area contributed by atoms with Crippen LogP contribution in [0.15, 0.2) is 18.2 Å². The van der Waals surface area contributed by atoms with Gasteiger partial charge in [0.05, 0.1) is 0 Å². The summed E-state index contributed by atoms with van der Waals surface area (Å²) in [5, 5.41) is 0. The Hall–Kier alpha value is -0.830. The smallest absolute Gasteiger partial charge is 0.0490 e. The summed E-state index contributed by atoms with van der Waals surface area (Å²) in [6, 6.07) is 5.91. The first-order valence-corrected chi connectivity index (χ1v) is 5.50. The third-order valence-corrected chi connectivity index (χ3v) is 2.66. The van der Waals surface area contributed by atoms with Crippen molar-refractivity contribution < 1.29 is 0 Å². The fourth-order valence-corrected chi connectivity index (χ4v) is 1.59. The van der Waals surface area contributed by atoms with E-state index in [0.717, 1.165) is 11.4 Å². The van der Waals surface area contributed by atoms with Crippen molar-refractivity contribution in [3.63, 3.8) is 0 Å². The van der Waals surface area contributed by atoms with Gasteiger partial charge in [0.2, 0.25) is 0 Å². The SMILES string of the molecule is Cc1ccc(N)cc1NSC(C)(C)C. The molecule has 0 bridgehead atoms. The number of nitrogens with two attached hydrogens (primary N) is 1. The molecule has 3 N–H and O–H groups in total. The Labute approximate surface area is 90.4 Å². The number of nitrogen functional groups attached to an aromatic ring is 1. The molecule has 0 radical (unpaired) electrons. The minimum Gasteiger partial charge on any atom is -0.399 e. The molecule has 0 heterocycles. The molecule has 0 unspecified atom stereocenters. The fourth-order valence-electron chi connectivity index (χ4n) is 0.958. The first-order valence-electron chi connectivity index (χ1n) is 4.68. The zero-order valence-corrected chi connectivity index (χ0v) is 10.0. The number of nitrogens with one attached hydrogen (secondary N) is 1. The van der Waals surface area contributed by atoms with E-state index >= 15 is 0 Å². The van der Waals surface area contributed by atoms with Crippen molar-refractivity contribution in [2.75, 3.05) is 10.5 Å². The van der Waals surface area contributed by atoms with Crippen molar-refractivity contribution in [3.8, 4) is 0 Å². The van der Waals surface area contributed by atoms with E-state index in [2.05, 4.69) is 32.4 Å². The van der Waals surface area contributed by atoms with Crippen LogP contribution in [0.2, 0.25) is 0 Å². The fraction of sp³-hybridized carbons (Fsp3) is 0.455. The lowest BCUT2D eigenvalue weighted by molar-refractivity contribution is 0.806. The summed E-state index contributed by atoms with van der Waals surface area (Å²) in [6.07, 6.45) is 0. The van der Waals surface area contributed by atoms with E-state index in [1.807, 2.05) is 18.2 Å². The van der Waals surface area contributed by atoms with Gasteiger partial charge in [0.1, 0.15) is 0 Å². The van der Waals surface area contributed by atoms with Crippen molar-refractivity contribution in [3.05, 3.63) is 23.8 Å². The molecule has 0 aliphatic carbocycles. The van der Waals surface area contributed by atoms with Crippen LogP contribution in [0.3, 0.4) is 0 Å². The van der Waals surface area contributed by atoms with E-state index in [1.54, 1.807) is 11.9 Å². The van der Waals surface area contributed by atoms with Crippen LogP contribution >= 0.6 is 11.9 Å². The lowest BCUT2D eigenvalue weighted by Crippen LogP contribution is -2.11. The number of hydrogen-bond donors (Lipinski definition) is 2. The average molecular weight is 210 g/mol. The second kappa shape index (κ2) is 4.13. The highest BCUT2D eigenvalue weighted by Crippen LogP contribution is 2.27. The summed E-state index contributed by atoms with van der Waals surface area (Å²) >= 11 is 1.70. The molecule has 14 heavy (non-hydrogen) atoms. The molecular weight excluding hydrogens is 192 g/mol. The maximum Gasteiger partial charge on any atom is 0.0490 e. The molecule has 0 atom stereocenters. The topological polar surface area (TPSA) is 38.0 Å². The van der Waals surface area contributed by atoms with Gasteiger partial charge in [-0.15, -0.1) is 0 Å². The molecule has 78 valence electrons. The van der Waals surface area contributed by atoms with Crippen molar-refractivity contribution in [2.45, 2.75) is 32.4 Å². The van der Waals surface area contributed by atoms with E-state index in [-0.39, 0.29) is 4.75 Å². The van der Waals surface area contributed by atoms with Crippen LogP contribution in [0.25, 0.3) is 0 Å². The summed E-state index contributed by atoms with van der Waals surface area (Å²) < 4.78 is 3.54. The number of hydrogen-bond acceptors (Lipinski definition) is 3. The summed E-state index contributed by atoms with van der Waals surface area (Å²) in [4.78, 5) is 0. The number of anilines is 2. The van der Waals surface area contributed by atoms with Crippen LogP contribution in [0.1, 0.15) is 26.3 Å². The minimum atomic E-state index is 0.205. The quantitative estimate of drug-likeness (QED) is 0.580. The van der Waals surface area contributed by atoms with Gasteiger partial charge in [-0.25, -0.2) is 0 Å². The molecule has 0 saturated heterocycles. The van der Waals surface area contributed by atoms with Crippen LogP contribution in [0.4, 0.5) is 11.4 Å². The molecule has 1 aromatic carbocycles. The third kappa shape index (κ3) is 3.50. The van der Waals surface area contributed by atoms with Gasteiger partial charge in [-0.05, 0) is 57.3 Å². The van der Waals surface area contributed by atoms with Gasteiger partial charge >= 0.3 is 0 Å². The highest BCUT2D eigenvalue weighted by Gasteiger charge is 2.11. The van der Waals surface area contributed by atoms with Crippen LogP contribution in [0.5, 0.6) is 0 Å². The molecule has 0 aromatic heterocycles. The van der Waals surface area contributed by atoms with E-state index in [0.29, 0.717) is 0 Å². The first-order chi connectivity index (χ1) is 6.38. The largest absolute Gasteiger partial charge is 0.399 e. The molecule has 0 amide bonds. The van der Waals surface area contributed by atoms with Gasteiger partial charge in [-0.1, -0.05) is 6.07 Å². The summed E-state index contributed by atoms with van der Waals surface area (Å²) in [7, 11) is 0. The summed E-state index contributed by atoms with van der Waals surface area (Å²) in [5.74, 6) is 0. The second-order valence-corrected chi connectivity index (χ2v) is 6.02. The normalized spacial score (nSPS) is 11.4. The van der Waals surface area contributed by atoms with E-state index < -0.39 is 0 Å². The molecule has 0 fully saturated rings. The van der Waals surface area contributed by atoms with Crippen molar-refractivity contribution >= 4 is 23.3 Å². The van der Waals surface area contributed by atoms with E-state index in [1.165, 1.54) is 5.56 Å². The van der Waals surface area contributed by atoms with Gasteiger partial charge in [0.15, 0.2) is 0 Å². The number of benzene rings is 1. The molecule has 0 aliphatic rings. The molecule has 0 aliphatic heterocycles. The second-order valence-electron chi connectivity index (χ2n) is 4.39. The third-order valence-electron chi connectivity index (χ3n) is 1.73. The predicted molar refractivity (Wildman–Crippen MR) is 66.6 cm³/mol. The van der Waals surface area contributed by atoms with Crippen LogP contribution < -0.4 is 10.5 Å². The number of aryl methyl sites for hydroxylation is 1. The standard InChI is InChI=1S/C11H18N2S/c1-8-5-6-9(12)7-10(8)13-14-11(2,3)4/h5-7,13H,12H2,1-4H3. The monoisotopic (exact) mass is 210 g/mol. The molecule has 0 spiro atoms. The van der Waals surface area contributed by atoms with E-state index in [9.17, 15) is 0 Å². The van der Waals surface area contributed by atoms with Gasteiger partial charge < -0.3 is 10.5 Å². The lowest BCUT2D eigenvalue weighted by Gasteiger charge is -2.19. The zero-order chi connectivity index (χ0) is 10.8. The molecule has 1 rings (SSSR count). The summed E-state index contributed by atoms with van der Waals surface area (Å²) in [6.45, 7) is 8.59. The van der Waals surface area contributed by atoms with Gasteiger partial charge in [0.25, 0.3) is 0 Å². The van der Waals surface area contributed by atoms with Crippen LogP contribution in [-0.4, -0.2) is 4.75 Å². The highest BCUT2D eigenvalue weighted by molar-refractivity contribution is 8.01. The van der Waals surface area contributed by atoms with Gasteiger partial charge in [-0.3, -0.25) is 0 Å². The number of rotatable bonds is 2. The Morgan fingerprint density at radius 3 is 2.50 bits per heavy atom. The zero-order valence-electron chi connectivity index (χ0n) is 9.22. The molecule has 0 saturated carbocycles. The van der Waals surface area contributed by atoms with Crippen LogP contribution in [-0.2, 0) is 0 Å². The van der Waals surface area contributed by atoms with Crippen molar-refractivity contribution in [1.29, 1.82) is 0 Å². The van der Waals surface area contributed by atoms with E-state index in [4.69, 9.17) is 5.73 Å².